The van der Waals surface area contributed by atoms with E-state index < -0.39 is 0 Å². The number of rotatable bonds is 5. The van der Waals surface area contributed by atoms with Crippen LogP contribution in [-0.4, -0.2) is 27.4 Å². The first kappa shape index (κ1) is 14.5. The van der Waals surface area contributed by atoms with E-state index in [1.807, 2.05) is 12.1 Å². The van der Waals surface area contributed by atoms with Crippen molar-refractivity contribution in [3.05, 3.63) is 35.2 Å². The van der Waals surface area contributed by atoms with E-state index in [0.717, 1.165) is 31.2 Å². The van der Waals surface area contributed by atoms with Crippen molar-refractivity contribution in [2.45, 2.75) is 37.8 Å². The minimum Gasteiger partial charge on any atom is -0.394 e. The summed E-state index contributed by atoms with van der Waals surface area (Å²) in [6.45, 7) is 0.617. The van der Waals surface area contributed by atoms with Crippen LogP contribution in [0.15, 0.2) is 28.8 Å². The normalized spacial score (nSPS) is 17.2. The maximum Gasteiger partial charge on any atom is 0.240 e. The van der Waals surface area contributed by atoms with Crippen LogP contribution in [0.1, 0.15) is 31.6 Å². The smallest absolute Gasteiger partial charge is 0.240 e. The Balaban J connectivity index is 1.66. The van der Waals surface area contributed by atoms with Crippen molar-refractivity contribution in [2.75, 3.05) is 6.61 Å². The number of aliphatic hydroxyl groups excluding tert-OH is 1. The second kappa shape index (κ2) is 6.13. The monoisotopic (exact) mass is 307 g/mol. The minimum atomic E-state index is -0.186. The second-order valence-electron chi connectivity index (χ2n) is 5.52. The zero-order chi connectivity index (χ0) is 14.7. The summed E-state index contributed by atoms with van der Waals surface area (Å²) in [5.74, 6) is 1.08. The molecule has 6 heteroatoms. The third-order valence-electron chi connectivity index (χ3n) is 4.05. The number of aromatic nitrogens is 2. The highest BCUT2D eigenvalue weighted by atomic mass is 35.5. The molecule has 1 aromatic heterocycles. The van der Waals surface area contributed by atoms with Gasteiger partial charge in [0.15, 0.2) is 0 Å². The van der Waals surface area contributed by atoms with Crippen molar-refractivity contribution >= 4 is 11.6 Å². The molecular formula is C15H18ClN3O2. The van der Waals surface area contributed by atoms with Gasteiger partial charge in [0.25, 0.3) is 0 Å². The van der Waals surface area contributed by atoms with Crippen LogP contribution in [0, 0.1) is 0 Å². The lowest BCUT2D eigenvalue weighted by Crippen LogP contribution is -2.45. The van der Waals surface area contributed by atoms with E-state index in [1.54, 1.807) is 12.1 Å². The van der Waals surface area contributed by atoms with Gasteiger partial charge in [-0.15, -0.1) is 0 Å². The predicted octanol–water partition coefficient (Wildman–Crippen LogP) is 2.78. The van der Waals surface area contributed by atoms with Crippen molar-refractivity contribution in [3.63, 3.8) is 0 Å². The van der Waals surface area contributed by atoms with Crippen molar-refractivity contribution in [3.8, 4) is 11.4 Å². The van der Waals surface area contributed by atoms with Gasteiger partial charge in [-0.05, 0) is 37.1 Å². The van der Waals surface area contributed by atoms with Gasteiger partial charge in [-0.1, -0.05) is 29.6 Å². The van der Waals surface area contributed by atoms with Gasteiger partial charge in [0.1, 0.15) is 0 Å². The Morgan fingerprint density at radius 2 is 1.95 bits per heavy atom. The van der Waals surface area contributed by atoms with Crippen LogP contribution in [0.4, 0.5) is 0 Å². The Morgan fingerprint density at radius 1 is 1.24 bits per heavy atom. The van der Waals surface area contributed by atoms with Crippen molar-refractivity contribution in [1.82, 2.24) is 15.5 Å². The highest BCUT2D eigenvalue weighted by Crippen LogP contribution is 2.29. The summed E-state index contributed by atoms with van der Waals surface area (Å²) in [6, 6.07) is 7.31. The number of nitrogens with one attached hydrogen (secondary N) is 1. The Bertz CT molecular complexity index is 591. The standard InChI is InChI=1S/C15H18ClN3O2/c16-12-5-3-11(4-6-12)14-18-13(21-19-14)9-17-15(10-20)7-1-2-8-15/h3-6,17,20H,1-2,7-10H2. The molecule has 0 aliphatic heterocycles. The van der Waals surface area contributed by atoms with Crippen molar-refractivity contribution in [2.24, 2.45) is 0 Å². The van der Waals surface area contributed by atoms with Crippen molar-refractivity contribution in [1.29, 1.82) is 0 Å². The molecule has 1 aromatic carbocycles. The molecule has 1 heterocycles. The quantitative estimate of drug-likeness (QED) is 0.889. The van der Waals surface area contributed by atoms with Crippen LogP contribution in [0.5, 0.6) is 0 Å². The molecule has 1 aliphatic rings. The molecule has 21 heavy (non-hydrogen) atoms. The molecule has 5 nitrogen and oxygen atoms in total. The molecule has 0 unspecified atom stereocenters. The van der Waals surface area contributed by atoms with Gasteiger partial charge in [-0.2, -0.15) is 4.98 Å². The van der Waals surface area contributed by atoms with E-state index in [0.29, 0.717) is 23.3 Å². The van der Waals surface area contributed by atoms with E-state index in [2.05, 4.69) is 15.5 Å². The predicted molar refractivity (Wildman–Crippen MR) is 79.9 cm³/mol. The average Bonchev–Trinajstić information content (AvgIpc) is 3.16. The number of aliphatic hydroxyl groups is 1. The fourth-order valence-electron chi connectivity index (χ4n) is 2.75. The molecule has 2 aromatic rings. The van der Waals surface area contributed by atoms with Crippen LogP contribution in [-0.2, 0) is 6.54 Å². The number of nitrogens with zero attached hydrogens (tertiary/aromatic N) is 2. The van der Waals surface area contributed by atoms with E-state index in [-0.39, 0.29) is 12.1 Å². The summed E-state index contributed by atoms with van der Waals surface area (Å²) in [4.78, 5) is 4.37. The van der Waals surface area contributed by atoms with E-state index >= 15 is 0 Å². The van der Waals surface area contributed by atoms with E-state index in [1.165, 1.54) is 0 Å². The van der Waals surface area contributed by atoms with Gasteiger partial charge in [0, 0.05) is 16.1 Å². The fraction of sp³-hybridized carbons (Fsp3) is 0.467. The largest absolute Gasteiger partial charge is 0.394 e. The third-order valence-corrected chi connectivity index (χ3v) is 4.30. The zero-order valence-corrected chi connectivity index (χ0v) is 12.4. The lowest BCUT2D eigenvalue weighted by Gasteiger charge is -2.27. The molecule has 2 N–H and O–H groups in total. The van der Waals surface area contributed by atoms with Crippen LogP contribution < -0.4 is 5.32 Å². The van der Waals surface area contributed by atoms with Crippen molar-refractivity contribution < 1.29 is 9.63 Å². The van der Waals surface area contributed by atoms with Gasteiger partial charge < -0.3 is 14.9 Å². The lowest BCUT2D eigenvalue weighted by atomic mass is 9.99. The number of benzene rings is 1. The first-order chi connectivity index (χ1) is 10.2. The Hall–Kier alpha value is -1.43. The van der Waals surface area contributed by atoms with Crippen LogP contribution in [0.25, 0.3) is 11.4 Å². The highest BCUT2D eigenvalue weighted by Gasteiger charge is 2.32. The van der Waals surface area contributed by atoms with Gasteiger partial charge >= 0.3 is 0 Å². The summed E-state index contributed by atoms with van der Waals surface area (Å²) in [6.07, 6.45) is 4.27. The molecule has 1 aliphatic carbocycles. The lowest BCUT2D eigenvalue weighted by molar-refractivity contribution is 0.158. The number of hydrogen-bond acceptors (Lipinski definition) is 5. The van der Waals surface area contributed by atoms with Gasteiger partial charge in [-0.3, -0.25) is 0 Å². The topological polar surface area (TPSA) is 71.2 Å². The second-order valence-corrected chi connectivity index (χ2v) is 5.95. The molecule has 0 amide bonds. The molecular weight excluding hydrogens is 290 g/mol. The average molecular weight is 308 g/mol. The Morgan fingerprint density at radius 3 is 2.62 bits per heavy atom. The summed E-state index contributed by atoms with van der Waals surface area (Å²) in [5, 5.41) is 17.6. The Labute approximate surface area is 128 Å². The highest BCUT2D eigenvalue weighted by molar-refractivity contribution is 6.30. The first-order valence-corrected chi connectivity index (χ1v) is 7.53. The Kier molecular flexibility index (Phi) is 4.24. The summed E-state index contributed by atoms with van der Waals surface area (Å²) in [5.41, 5.74) is 0.682. The number of hydrogen-bond donors (Lipinski definition) is 2. The molecule has 1 saturated carbocycles. The summed E-state index contributed by atoms with van der Waals surface area (Å²) < 4.78 is 5.26. The maximum absolute atomic E-state index is 9.56. The van der Waals surface area contributed by atoms with Crippen LogP contribution >= 0.6 is 11.6 Å². The van der Waals surface area contributed by atoms with Gasteiger partial charge in [0.2, 0.25) is 11.7 Å². The molecule has 0 saturated heterocycles. The zero-order valence-electron chi connectivity index (χ0n) is 11.7. The maximum atomic E-state index is 9.56. The molecule has 0 bridgehead atoms. The summed E-state index contributed by atoms with van der Waals surface area (Å²) >= 11 is 5.86. The molecule has 112 valence electrons. The minimum absolute atomic E-state index is 0.144. The van der Waals surface area contributed by atoms with Gasteiger partial charge in [0.05, 0.1) is 13.2 Å². The SMILES string of the molecule is OCC1(NCc2nc(-c3ccc(Cl)cc3)no2)CCCC1. The van der Waals surface area contributed by atoms with Crippen LogP contribution in [0.3, 0.4) is 0 Å². The molecule has 3 rings (SSSR count). The molecule has 0 atom stereocenters. The van der Waals surface area contributed by atoms with E-state index in [4.69, 9.17) is 16.1 Å². The van der Waals surface area contributed by atoms with E-state index in [9.17, 15) is 5.11 Å². The summed E-state index contributed by atoms with van der Waals surface area (Å²) in [7, 11) is 0. The molecule has 0 radical (unpaired) electrons. The first-order valence-electron chi connectivity index (χ1n) is 7.15. The number of halogens is 1. The van der Waals surface area contributed by atoms with Crippen LogP contribution in [0.2, 0.25) is 5.02 Å². The van der Waals surface area contributed by atoms with Gasteiger partial charge in [-0.25, -0.2) is 0 Å². The third kappa shape index (κ3) is 3.26. The molecule has 1 fully saturated rings. The molecule has 0 spiro atoms. The fourth-order valence-corrected chi connectivity index (χ4v) is 2.87.